The summed E-state index contributed by atoms with van der Waals surface area (Å²) in [6.45, 7) is 8.05. The van der Waals surface area contributed by atoms with Crippen molar-refractivity contribution in [3.63, 3.8) is 0 Å². The molecule has 0 saturated carbocycles. The van der Waals surface area contributed by atoms with Crippen molar-refractivity contribution in [2.24, 2.45) is 5.92 Å². The minimum atomic E-state index is -0.349. The number of hydrogen-bond acceptors (Lipinski definition) is 5. The van der Waals surface area contributed by atoms with Crippen LogP contribution >= 0.6 is 0 Å². The number of ether oxygens (including phenoxy) is 1. The van der Waals surface area contributed by atoms with Crippen LogP contribution in [0, 0.1) is 11.7 Å². The Bertz CT molecular complexity index is 669. The van der Waals surface area contributed by atoms with Crippen LogP contribution in [0.5, 0.6) is 5.75 Å². The highest BCUT2D eigenvalue weighted by Crippen LogP contribution is 2.23. The Morgan fingerprint density at radius 1 is 1.21 bits per heavy atom. The Balaban J connectivity index is 1.63. The van der Waals surface area contributed by atoms with E-state index in [1.807, 2.05) is 20.8 Å². The summed E-state index contributed by atoms with van der Waals surface area (Å²) in [5.41, 5.74) is 7.33. The van der Waals surface area contributed by atoms with E-state index < -0.39 is 0 Å². The van der Waals surface area contributed by atoms with Crippen molar-refractivity contribution in [2.45, 2.75) is 46.1 Å². The minimum Gasteiger partial charge on any atom is -0.490 e. The zero-order valence-corrected chi connectivity index (χ0v) is 16.9. The molecule has 0 aromatic heterocycles. The lowest BCUT2D eigenvalue weighted by Gasteiger charge is -2.17. The number of rotatable bonds is 12. The molecule has 1 unspecified atom stereocenters. The first-order valence-corrected chi connectivity index (χ1v) is 9.86. The van der Waals surface area contributed by atoms with Gasteiger partial charge in [-0.1, -0.05) is 26.3 Å². The van der Waals surface area contributed by atoms with Crippen LogP contribution in [-0.2, 0) is 4.79 Å². The third kappa shape index (κ3) is 7.09. The second-order valence-corrected chi connectivity index (χ2v) is 7.52. The highest BCUT2D eigenvalue weighted by molar-refractivity contribution is 6.01. The highest BCUT2D eigenvalue weighted by atomic mass is 19.1. The zero-order chi connectivity index (χ0) is 20.5. The third-order valence-electron chi connectivity index (χ3n) is 4.44. The van der Waals surface area contributed by atoms with Gasteiger partial charge >= 0.3 is 6.03 Å². The standard InChI is InChI=1S/C20H31FN4O3/c1-14(2)13-28-18-11-16(7-8-17(18)21)15(3)24-22-9-5-4-6-10-25-12-19(26)23-20(25)27/h7-8,11,14-15,22,24H,4-6,9-10,12-13H2,1-3H3,(H,23,26,27). The molecule has 1 aliphatic rings. The predicted octanol–water partition coefficient (Wildman–Crippen LogP) is 2.74. The predicted molar refractivity (Wildman–Crippen MR) is 105 cm³/mol. The van der Waals surface area contributed by atoms with Crippen molar-refractivity contribution in [1.82, 2.24) is 21.1 Å². The van der Waals surface area contributed by atoms with Gasteiger partial charge in [0.1, 0.15) is 6.54 Å². The molecule has 2 rings (SSSR count). The number of imide groups is 1. The summed E-state index contributed by atoms with van der Waals surface area (Å²) in [4.78, 5) is 24.1. The summed E-state index contributed by atoms with van der Waals surface area (Å²) in [6.07, 6.45) is 2.74. The number of halogens is 1. The molecular formula is C20H31FN4O3. The van der Waals surface area contributed by atoms with E-state index in [1.54, 1.807) is 12.1 Å². The molecule has 1 aromatic rings. The first kappa shape index (κ1) is 22.1. The third-order valence-corrected chi connectivity index (χ3v) is 4.44. The lowest BCUT2D eigenvalue weighted by molar-refractivity contribution is -0.118. The molecule has 1 fully saturated rings. The lowest BCUT2D eigenvalue weighted by Crippen LogP contribution is -2.35. The van der Waals surface area contributed by atoms with E-state index in [9.17, 15) is 14.0 Å². The average Bonchev–Trinajstić information content (AvgIpc) is 2.97. The quantitative estimate of drug-likeness (QED) is 0.288. The summed E-state index contributed by atoms with van der Waals surface area (Å²) in [5, 5.41) is 2.27. The summed E-state index contributed by atoms with van der Waals surface area (Å²) < 4.78 is 19.4. The number of hydrazine groups is 1. The Hall–Kier alpha value is -2.19. The van der Waals surface area contributed by atoms with Gasteiger partial charge in [0, 0.05) is 19.1 Å². The fourth-order valence-corrected chi connectivity index (χ4v) is 2.82. The monoisotopic (exact) mass is 394 g/mol. The summed E-state index contributed by atoms with van der Waals surface area (Å²) in [7, 11) is 0. The van der Waals surface area contributed by atoms with E-state index >= 15 is 0 Å². The normalized spacial score (nSPS) is 15.2. The molecule has 1 aromatic carbocycles. The number of nitrogens with zero attached hydrogens (tertiary/aromatic N) is 1. The van der Waals surface area contributed by atoms with Gasteiger partial charge < -0.3 is 9.64 Å². The maximum Gasteiger partial charge on any atom is 0.324 e. The Morgan fingerprint density at radius 3 is 2.68 bits per heavy atom. The number of urea groups is 1. The van der Waals surface area contributed by atoms with Gasteiger partial charge in [0.25, 0.3) is 0 Å². The van der Waals surface area contributed by atoms with Gasteiger partial charge in [-0.2, -0.15) is 0 Å². The Labute approximate surface area is 166 Å². The molecule has 3 amide bonds. The second kappa shape index (κ2) is 11.0. The molecule has 0 aliphatic carbocycles. The van der Waals surface area contributed by atoms with E-state index in [0.717, 1.165) is 31.4 Å². The van der Waals surface area contributed by atoms with Crippen molar-refractivity contribution in [3.05, 3.63) is 29.6 Å². The maximum atomic E-state index is 13.9. The van der Waals surface area contributed by atoms with E-state index in [-0.39, 0.29) is 36.1 Å². The number of nitrogens with one attached hydrogen (secondary N) is 3. The van der Waals surface area contributed by atoms with Crippen LogP contribution in [0.15, 0.2) is 18.2 Å². The van der Waals surface area contributed by atoms with E-state index in [1.165, 1.54) is 11.0 Å². The fourth-order valence-electron chi connectivity index (χ4n) is 2.82. The molecule has 1 heterocycles. The SMILES string of the molecule is CC(C)COc1cc(C(C)NNCCCCCN2CC(=O)NC2=O)ccc1F. The molecule has 8 heteroatoms. The van der Waals surface area contributed by atoms with E-state index in [0.29, 0.717) is 19.1 Å². The first-order valence-electron chi connectivity index (χ1n) is 9.86. The number of unbranched alkanes of at least 4 members (excludes halogenated alkanes) is 2. The molecule has 1 atom stereocenters. The largest absolute Gasteiger partial charge is 0.490 e. The zero-order valence-electron chi connectivity index (χ0n) is 16.9. The van der Waals surface area contributed by atoms with Gasteiger partial charge in [-0.25, -0.2) is 9.18 Å². The molecule has 0 radical (unpaired) electrons. The lowest BCUT2D eigenvalue weighted by atomic mass is 10.1. The molecule has 1 aliphatic heterocycles. The smallest absolute Gasteiger partial charge is 0.324 e. The molecule has 0 spiro atoms. The first-order chi connectivity index (χ1) is 13.4. The minimum absolute atomic E-state index is 0.00121. The van der Waals surface area contributed by atoms with Crippen LogP contribution in [-0.4, -0.2) is 43.1 Å². The average molecular weight is 394 g/mol. The summed E-state index contributed by atoms with van der Waals surface area (Å²) in [6, 6.07) is 4.62. The summed E-state index contributed by atoms with van der Waals surface area (Å²) >= 11 is 0. The molecule has 28 heavy (non-hydrogen) atoms. The fraction of sp³-hybridized carbons (Fsp3) is 0.600. The van der Waals surface area contributed by atoms with Gasteiger partial charge in [0.05, 0.1) is 6.61 Å². The van der Waals surface area contributed by atoms with Crippen LogP contribution in [0.3, 0.4) is 0 Å². The molecule has 156 valence electrons. The van der Waals surface area contributed by atoms with Crippen LogP contribution in [0.4, 0.5) is 9.18 Å². The van der Waals surface area contributed by atoms with Crippen LogP contribution in [0.1, 0.15) is 51.6 Å². The maximum absolute atomic E-state index is 13.9. The number of carbonyl (C=O) groups is 2. The molecule has 7 nitrogen and oxygen atoms in total. The van der Waals surface area contributed by atoms with Gasteiger partial charge in [-0.15, -0.1) is 0 Å². The van der Waals surface area contributed by atoms with Gasteiger partial charge in [-0.3, -0.25) is 21.0 Å². The van der Waals surface area contributed by atoms with Crippen molar-refractivity contribution in [3.8, 4) is 5.75 Å². The Kier molecular flexibility index (Phi) is 8.66. The molecule has 0 bridgehead atoms. The highest BCUT2D eigenvalue weighted by Gasteiger charge is 2.25. The number of hydrogen-bond donors (Lipinski definition) is 3. The summed E-state index contributed by atoms with van der Waals surface area (Å²) in [5.74, 6) is 0.0336. The second-order valence-electron chi connectivity index (χ2n) is 7.52. The topological polar surface area (TPSA) is 82.7 Å². The molecule has 1 saturated heterocycles. The van der Waals surface area contributed by atoms with Gasteiger partial charge in [0.15, 0.2) is 11.6 Å². The number of amides is 3. The number of carbonyl (C=O) groups excluding carboxylic acids is 2. The van der Waals surface area contributed by atoms with Crippen molar-refractivity contribution >= 4 is 11.9 Å². The van der Waals surface area contributed by atoms with Crippen molar-refractivity contribution in [2.75, 3.05) is 26.2 Å². The van der Waals surface area contributed by atoms with Crippen LogP contribution < -0.4 is 20.9 Å². The van der Waals surface area contributed by atoms with Crippen molar-refractivity contribution < 1.29 is 18.7 Å². The van der Waals surface area contributed by atoms with Crippen LogP contribution in [0.2, 0.25) is 0 Å². The molecule has 3 N–H and O–H groups in total. The van der Waals surface area contributed by atoms with Gasteiger partial charge in [0.2, 0.25) is 5.91 Å². The molecular weight excluding hydrogens is 363 g/mol. The van der Waals surface area contributed by atoms with E-state index in [2.05, 4.69) is 16.2 Å². The number of benzene rings is 1. The Morgan fingerprint density at radius 2 is 2.00 bits per heavy atom. The van der Waals surface area contributed by atoms with Crippen LogP contribution in [0.25, 0.3) is 0 Å². The van der Waals surface area contributed by atoms with E-state index in [4.69, 9.17) is 4.74 Å². The van der Waals surface area contributed by atoms with Gasteiger partial charge in [-0.05, 0) is 43.4 Å². The van der Waals surface area contributed by atoms with Crippen molar-refractivity contribution in [1.29, 1.82) is 0 Å².